The molecule has 0 aliphatic heterocycles. The predicted octanol–water partition coefficient (Wildman–Crippen LogP) is 3.17. The number of rotatable bonds is 6. The number of aryl methyl sites for hydroxylation is 1. The van der Waals surface area contributed by atoms with Crippen molar-refractivity contribution in [2.75, 3.05) is 0 Å². The molecule has 0 aliphatic rings. The third-order valence-electron chi connectivity index (χ3n) is 3.11. The van der Waals surface area contributed by atoms with E-state index >= 15 is 0 Å². The molecule has 2 aromatic rings. The first-order valence-corrected chi connectivity index (χ1v) is 6.34. The van der Waals surface area contributed by atoms with E-state index in [1.165, 1.54) is 0 Å². The van der Waals surface area contributed by atoms with Crippen LogP contribution in [0, 0.1) is 6.92 Å². The second-order valence-electron chi connectivity index (χ2n) is 4.49. The highest BCUT2D eigenvalue weighted by molar-refractivity contribution is 5.35. The Morgan fingerprint density at radius 3 is 2.75 bits per heavy atom. The average molecular weight is 281 g/mol. The van der Waals surface area contributed by atoms with Gasteiger partial charge in [0.2, 0.25) is 0 Å². The number of hydrogen-bond acceptors (Lipinski definition) is 3. The Balaban J connectivity index is 2.05. The Kier molecular flexibility index (Phi) is 4.68. The van der Waals surface area contributed by atoms with Crippen LogP contribution in [0.5, 0.6) is 5.75 Å². The SMILES string of the molecule is Cc1[nH]cnc1CNC(C)c1ccccc1OC(F)F. The number of nitrogens with one attached hydrogen (secondary N) is 2. The van der Waals surface area contributed by atoms with E-state index in [4.69, 9.17) is 0 Å². The number of H-pyrrole nitrogens is 1. The van der Waals surface area contributed by atoms with Gasteiger partial charge >= 0.3 is 6.61 Å². The van der Waals surface area contributed by atoms with Crippen LogP contribution in [0.4, 0.5) is 8.78 Å². The van der Waals surface area contributed by atoms with Gasteiger partial charge in [0.15, 0.2) is 0 Å². The van der Waals surface area contributed by atoms with Gasteiger partial charge in [-0.2, -0.15) is 8.78 Å². The number of alkyl halides is 2. The van der Waals surface area contributed by atoms with E-state index in [2.05, 4.69) is 20.0 Å². The highest BCUT2D eigenvalue weighted by Gasteiger charge is 2.14. The van der Waals surface area contributed by atoms with Crippen molar-refractivity contribution in [3.8, 4) is 5.75 Å². The first-order chi connectivity index (χ1) is 9.58. The van der Waals surface area contributed by atoms with E-state index in [-0.39, 0.29) is 11.8 Å². The second kappa shape index (κ2) is 6.47. The van der Waals surface area contributed by atoms with Crippen molar-refractivity contribution in [1.82, 2.24) is 15.3 Å². The zero-order valence-corrected chi connectivity index (χ0v) is 11.4. The summed E-state index contributed by atoms with van der Waals surface area (Å²) in [7, 11) is 0. The van der Waals surface area contributed by atoms with Crippen molar-refractivity contribution in [1.29, 1.82) is 0 Å². The van der Waals surface area contributed by atoms with E-state index in [1.54, 1.807) is 30.6 Å². The third-order valence-corrected chi connectivity index (χ3v) is 3.11. The van der Waals surface area contributed by atoms with Crippen LogP contribution in [0.2, 0.25) is 0 Å². The number of halogens is 2. The summed E-state index contributed by atoms with van der Waals surface area (Å²) in [5, 5.41) is 3.25. The Hall–Kier alpha value is -1.95. The van der Waals surface area contributed by atoms with Crippen molar-refractivity contribution in [2.45, 2.75) is 33.0 Å². The fourth-order valence-corrected chi connectivity index (χ4v) is 1.97. The summed E-state index contributed by atoms with van der Waals surface area (Å²) >= 11 is 0. The molecule has 1 aromatic heterocycles. The minimum Gasteiger partial charge on any atom is -0.434 e. The number of aromatic nitrogens is 2. The number of benzene rings is 1. The van der Waals surface area contributed by atoms with Crippen molar-refractivity contribution >= 4 is 0 Å². The van der Waals surface area contributed by atoms with Crippen LogP contribution >= 0.6 is 0 Å². The molecule has 1 aromatic carbocycles. The molecular weight excluding hydrogens is 264 g/mol. The van der Waals surface area contributed by atoms with Crippen LogP contribution in [-0.4, -0.2) is 16.6 Å². The zero-order valence-electron chi connectivity index (χ0n) is 11.4. The van der Waals surface area contributed by atoms with Gasteiger partial charge in [-0.1, -0.05) is 18.2 Å². The van der Waals surface area contributed by atoms with Crippen LogP contribution < -0.4 is 10.1 Å². The standard InChI is InChI=1S/C14H17F2N3O/c1-9(17-7-12-10(2)18-8-19-12)11-5-3-4-6-13(11)20-14(15)16/h3-6,8-9,14,17H,7H2,1-2H3,(H,18,19). The van der Waals surface area contributed by atoms with Crippen molar-refractivity contribution in [3.63, 3.8) is 0 Å². The van der Waals surface area contributed by atoms with E-state index in [9.17, 15) is 8.78 Å². The number of aromatic amines is 1. The summed E-state index contributed by atoms with van der Waals surface area (Å²) in [5.74, 6) is 0.196. The fourth-order valence-electron chi connectivity index (χ4n) is 1.97. The molecule has 20 heavy (non-hydrogen) atoms. The molecular formula is C14H17F2N3O. The topological polar surface area (TPSA) is 49.9 Å². The molecule has 2 rings (SSSR count). The molecule has 0 aliphatic carbocycles. The molecule has 0 amide bonds. The normalized spacial score (nSPS) is 12.7. The number of para-hydroxylation sites is 1. The maximum absolute atomic E-state index is 12.4. The van der Waals surface area contributed by atoms with Crippen LogP contribution in [0.15, 0.2) is 30.6 Å². The molecule has 1 unspecified atom stereocenters. The fraction of sp³-hybridized carbons (Fsp3) is 0.357. The Labute approximate surface area is 116 Å². The minimum absolute atomic E-state index is 0.124. The lowest BCUT2D eigenvalue weighted by molar-refractivity contribution is -0.0506. The zero-order chi connectivity index (χ0) is 14.5. The van der Waals surface area contributed by atoms with Crippen LogP contribution in [0.25, 0.3) is 0 Å². The van der Waals surface area contributed by atoms with E-state index < -0.39 is 6.61 Å². The molecule has 4 nitrogen and oxygen atoms in total. The van der Waals surface area contributed by atoms with Crippen molar-refractivity contribution < 1.29 is 13.5 Å². The number of ether oxygens (including phenoxy) is 1. The van der Waals surface area contributed by atoms with Gasteiger partial charge in [-0.15, -0.1) is 0 Å². The Bertz CT molecular complexity index is 557. The summed E-state index contributed by atoms with van der Waals surface area (Å²) in [6.07, 6.45) is 1.63. The predicted molar refractivity (Wildman–Crippen MR) is 71.7 cm³/mol. The van der Waals surface area contributed by atoms with Crippen LogP contribution in [-0.2, 0) is 6.54 Å². The molecule has 0 fully saturated rings. The summed E-state index contributed by atoms with van der Waals surface area (Å²) < 4.78 is 29.3. The summed E-state index contributed by atoms with van der Waals surface area (Å²) in [5.41, 5.74) is 2.59. The van der Waals surface area contributed by atoms with E-state index in [0.717, 1.165) is 11.4 Å². The third kappa shape index (κ3) is 3.54. The highest BCUT2D eigenvalue weighted by Crippen LogP contribution is 2.26. The maximum atomic E-state index is 12.4. The Morgan fingerprint density at radius 1 is 1.35 bits per heavy atom. The molecule has 1 heterocycles. The monoisotopic (exact) mass is 281 g/mol. The first kappa shape index (κ1) is 14.5. The molecule has 0 saturated carbocycles. The number of nitrogens with zero attached hydrogens (tertiary/aromatic N) is 1. The molecule has 108 valence electrons. The first-order valence-electron chi connectivity index (χ1n) is 6.34. The molecule has 1 atom stereocenters. The molecule has 0 saturated heterocycles. The number of imidazole rings is 1. The van der Waals surface area contributed by atoms with E-state index in [0.29, 0.717) is 12.1 Å². The van der Waals surface area contributed by atoms with Gasteiger partial charge in [-0.3, -0.25) is 0 Å². The molecule has 0 radical (unpaired) electrons. The molecule has 2 N–H and O–H groups in total. The van der Waals surface area contributed by atoms with Crippen molar-refractivity contribution in [3.05, 3.63) is 47.5 Å². The van der Waals surface area contributed by atoms with Gasteiger partial charge in [-0.25, -0.2) is 4.98 Å². The Morgan fingerprint density at radius 2 is 2.10 bits per heavy atom. The van der Waals surface area contributed by atoms with Crippen LogP contribution in [0.1, 0.15) is 29.9 Å². The summed E-state index contributed by atoms with van der Waals surface area (Å²) in [4.78, 5) is 7.18. The lowest BCUT2D eigenvalue weighted by atomic mass is 10.1. The summed E-state index contributed by atoms with van der Waals surface area (Å²) in [6, 6.07) is 6.66. The quantitative estimate of drug-likeness (QED) is 0.855. The van der Waals surface area contributed by atoms with Gasteiger partial charge in [-0.05, 0) is 19.9 Å². The molecule has 0 bridgehead atoms. The highest BCUT2D eigenvalue weighted by atomic mass is 19.3. The largest absolute Gasteiger partial charge is 0.434 e. The molecule has 0 spiro atoms. The number of hydrogen-bond donors (Lipinski definition) is 2. The van der Waals surface area contributed by atoms with Gasteiger partial charge in [0.1, 0.15) is 5.75 Å². The van der Waals surface area contributed by atoms with Crippen molar-refractivity contribution in [2.24, 2.45) is 0 Å². The maximum Gasteiger partial charge on any atom is 0.387 e. The van der Waals surface area contributed by atoms with Gasteiger partial charge in [0, 0.05) is 23.8 Å². The van der Waals surface area contributed by atoms with E-state index in [1.807, 2.05) is 13.8 Å². The lowest BCUT2D eigenvalue weighted by Crippen LogP contribution is -2.20. The van der Waals surface area contributed by atoms with Crippen LogP contribution in [0.3, 0.4) is 0 Å². The average Bonchev–Trinajstić information content (AvgIpc) is 2.81. The van der Waals surface area contributed by atoms with Gasteiger partial charge < -0.3 is 15.0 Å². The minimum atomic E-state index is -2.82. The van der Waals surface area contributed by atoms with Gasteiger partial charge in [0.05, 0.1) is 12.0 Å². The molecule has 6 heteroatoms. The van der Waals surface area contributed by atoms with Gasteiger partial charge in [0.25, 0.3) is 0 Å². The lowest BCUT2D eigenvalue weighted by Gasteiger charge is -2.17. The smallest absolute Gasteiger partial charge is 0.387 e. The summed E-state index contributed by atoms with van der Waals surface area (Å²) in [6.45, 7) is 1.56. The second-order valence-corrected chi connectivity index (χ2v) is 4.49.